The monoisotopic (exact) mass is 323 g/mol. The Hall–Kier alpha value is -2.69. The Morgan fingerprint density at radius 1 is 1.21 bits per heavy atom. The Bertz CT molecular complexity index is 886. The average Bonchev–Trinajstić information content (AvgIpc) is 2.89. The molecule has 1 amide bonds. The SMILES string of the molecule is Cc1nc(C(C)(C)C)oc1CC(=O)Nc1cccc2cccnc12. The Balaban J connectivity index is 1.80. The fraction of sp³-hybridized carbons (Fsp3) is 0.316. The number of aryl methyl sites for hydroxylation is 1. The lowest BCUT2D eigenvalue weighted by molar-refractivity contribution is -0.115. The number of aromatic nitrogens is 2. The maximum absolute atomic E-state index is 12.4. The molecule has 5 heteroatoms. The van der Waals surface area contributed by atoms with Crippen LogP contribution < -0.4 is 5.32 Å². The number of amides is 1. The summed E-state index contributed by atoms with van der Waals surface area (Å²) >= 11 is 0. The highest BCUT2D eigenvalue weighted by Gasteiger charge is 2.23. The minimum absolute atomic E-state index is 0.145. The normalized spacial score (nSPS) is 11.7. The van der Waals surface area contributed by atoms with Crippen molar-refractivity contribution in [1.29, 1.82) is 0 Å². The van der Waals surface area contributed by atoms with Gasteiger partial charge in [-0.3, -0.25) is 9.78 Å². The van der Waals surface area contributed by atoms with Gasteiger partial charge in [0.1, 0.15) is 5.76 Å². The van der Waals surface area contributed by atoms with Gasteiger partial charge in [0.15, 0.2) is 5.89 Å². The molecule has 0 aliphatic heterocycles. The van der Waals surface area contributed by atoms with Crippen LogP contribution in [-0.4, -0.2) is 15.9 Å². The molecule has 0 bridgehead atoms. The number of carbonyl (C=O) groups is 1. The zero-order valence-electron chi connectivity index (χ0n) is 14.4. The van der Waals surface area contributed by atoms with E-state index in [0.717, 1.165) is 16.6 Å². The largest absolute Gasteiger partial charge is 0.444 e. The molecule has 5 nitrogen and oxygen atoms in total. The van der Waals surface area contributed by atoms with Crippen molar-refractivity contribution in [3.05, 3.63) is 53.9 Å². The van der Waals surface area contributed by atoms with Gasteiger partial charge in [-0.15, -0.1) is 0 Å². The van der Waals surface area contributed by atoms with E-state index in [1.54, 1.807) is 6.20 Å². The Kier molecular flexibility index (Phi) is 4.09. The molecule has 2 heterocycles. The summed E-state index contributed by atoms with van der Waals surface area (Å²) < 4.78 is 5.79. The van der Waals surface area contributed by atoms with Crippen molar-refractivity contribution in [2.24, 2.45) is 0 Å². The zero-order valence-corrected chi connectivity index (χ0v) is 14.4. The molecule has 0 radical (unpaired) electrons. The number of carbonyl (C=O) groups excluding carboxylic acids is 1. The highest BCUT2D eigenvalue weighted by Crippen LogP contribution is 2.25. The van der Waals surface area contributed by atoms with Gasteiger partial charge in [0.2, 0.25) is 5.91 Å². The van der Waals surface area contributed by atoms with Crippen LogP contribution in [0.3, 0.4) is 0 Å². The van der Waals surface area contributed by atoms with E-state index in [0.29, 0.717) is 17.3 Å². The molecule has 3 rings (SSSR count). The van der Waals surface area contributed by atoms with Crippen molar-refractivity contribution in [3.8, 4) is 0 Å². The third-order valence-electron chi connectivity index (χ3n) is 3.76. The second kappa shape index (κ2) is 6.07. The number of hydrogen-bond acceptors (Lipinski definition) is 4. The van der Waals surface area contributed by atoms with E-state index in [2.05, 4.69) is 15.3 Å². The number of para-hydroxylation sites is 1. The number of nitrogens with one attached hydrogen (secondary N) is 1. The smallest absolute Gasteiger partial charge is 0.232 e. The van der Waals surface area contributed by atoms with Crippen LogP contribution >= 0.6 is 0 Å². The molecule has 1 aromatic carbocycles. The molecule has 0 atom stereocenters. The number of oxazole rings is 1. The maximum Gasteiger partial charge on any atom is 0.232 e. The van der Waals surface area contributed by atoms with E-state index < -0.39 is 0 Å². The molecule has 0 saturated carbocycles. The highest BCUT2D eigenvalue weighted by molar-refractivity contribution is 6.00. The van der Waals surface area contributed by atoms with Crippen molar-refractivity contribution in [3.63, 3.8) is 0 Å². The lowest BCUT2D eigenvalue weighted by Gasteiger charge is -2.12. The number of nitrogens with zero attached hydrogens (tertiary/aromatic N) is 2. The summed E-state index contributed by atoms with van der Waals surface area (Å²) in [4.78, 5) is 21.2. The second-order valence-electron chi connectivity index (χ2n) is 6.88. The number of fused-ring (bicyclic) bond motifs is 1. The summed E-state index contributed by atoms with van der Waals surface area (Å²) in [6.45, 7) is 7.96. The van der Waals surface area contributed by atoms with Gasteiger partial charge in [-0.25, -0.2) is 4.98 Å². The van der Waals surface area contributed by atoms with Crippen LogP contribution in [-0.2, 0) is 16.6 Å². The van der Waals surface area contributed by atoms with Crippen molar-refractivity contribution >= 4 is 22.5 Å². The fourth-order valence-corrected chi connectivity index (χ4v) is 2.46. The number of pyridine rings is 1. The van der Waals surface area contributed by atoms with Crippen LogP contribution in [0.1, 0.15) is 38.1 Å². The third kappa shape index (κ3) is 3.30. The first kappa shape index (κ1) is 16.2. The van der Waals surface area contributed by atoms with Crippen LogP contribution in [0.5, 0.6) is 0 Å². The molecule has 24 heavy (non-hydrogen) atoms. The van der Waals surface area contributed by atoms with Gasteiger partial charge in [0.25, 0.3) is 0 Å². The lowest BCUT2D eigenvalue weighted by atomic mass is 9.97. The van der Waals surface area contributed by atoms with E-state index in [-0.39, 0.29) is 17.7 Å². The molecular formula is C19H21N3O2. The number of rotatable bonds is 3. The first-order valence-corrected chi connectivity index (χ1v) is 7.95. The van der Waals surface area contributed by atoms with Crippen molar-refractivity contribution in [2.75, 3.05) is 5.32 Å². The minimum atomic E-state index is -0.182. The minimum Gasteiger partial charge on any atom is -0.444 e. The van der Waals surface area contributed by atoms with E-state index in [1.165, 1.54) is 0 Å². The topological polar surface area (TPSA) is 68.0 Å². The maximum atomic E-state index is 12.4. The van der Waals surface area contributed by atoms with E-state index >= 15 is 0 Å². The molecular weight excluding hydrogens is 302 g/mol. The Morgan fingerprint density at radius 3 is 2.67 bits per heavy atom. The van der Waals surface area contributed by atoms with Crippen molar-refractivity contribution in [1.82, 2.24) is 9.97 Å². The summed E-state index contributed by atoms with van der Waals surface area (Å²) in [5.41, 5.74) is 2.05. The third-order valence-corrected chi connectivity index (χ3v) is 3.76. The van der Waals surface area contributed by atoms with Crippen molar-refractivity contribution < 1.29 is 9.21 Å². The quantitative estimate of drug-likeness (QED) is 0.791. The molecule has 124 valence electrons. The summed E-state index contributed by atoms with van der Waals surface area (Å²) in [5, 5.41) is 3.91. The van der Waals surface area contributed by atoms with Crippen LogP contribution in [0.4, 0.5) is 5.69 Å². The molecule has 3 aromatic rings. The molecule has 2 aromatic heterocycles. The van der Waals surface area contributed by atoms with E-state index in [1.807, 2.05) is 58.0 Å². The molecule has 0 saturated heterocycles. The first-order chi connectivity index (χ1) is 11.3. The average molecular weight is 323 g/mol. The molecule has 0 aliphatic carbocycles. The summed E-state index contributed by atoms with van der Waals surface area (Å²) in [7, 11) is 0. The van der Waals surface area contributed by atoms with Gasteiger partial charge < -0.3 is 9.73 Å². The highest BCUT2D eigenvalue weighted by atomic mass is 16.4. The van der Waals surface area contributed by atoms with Gasteiger partial charge >= 0.3 is 0 Å². The zero-order chi connectivity index (χ0) is 17.3. The summed E-state index contributed by atoms with van der Waals surface area (Å²) in [5.74, 6) is 1.10. The molecule has 0 aliphatic rings. The van der Waals surface area contributed by atoms with Gasteiger partial charge in [-0.05, 0) is 19.1 Å². The molecule has 0 unspecified atom stereocenters. The van der Waals surface area contributed by atoms with Crippen molar-refractivity contribution in [2.45, 2.75) is 39.5 Å². The number of hydrogen-bond donors (Lipinski definition) is 1. The second-order valence-corrected chi connectivity index (χ2v) is 6.88. The molecule has 0 fully saturated rings. The van der Waals surface area contributed by atoms with Gasteiger partial charge in [0.05, 0.1) is 23.3 Å². The van der Waals surface area contributed by atoms with Crippen LogP contribution in [0.2, 0.25) is 0 Å². The van der Waals surface area contributed by atoms with E-state index in [9.17, 15) is 4.79 Å². The summed E-state index contributed by atoms with van der Waals surface area (Å²) in [6.07, 6.45) is 1.87. The Morgan fingerprint density at radius 2 is 1.96 bits per heavy atom. The predicted molar refractivity (Wildman–Crippen MR) is 94.0 cm³/mol. The lowest BCUT2D eigenvalue weighted by Crippen LogP contribution is -2.15. The first-order valence-electron chi connectivity index (χ1n) is 7.95. The molecule has 1 N–H and O–H groups in total. The Labute approximate surface area is 141 Å². The van der Waals surface area contributed by atoms with Gasteiger partial charge in [-0.1, -0.05) is 39.0 Å². The number of benzene rings is 1. The predicted octanol–water partition coefficient (Wildman–Crippen LogP) is 4.01. The standard InChI is InChI=1S/C19H21N3O2/c1-12-15(24-18(21-12)19(2,3)4)11-16(23)22-14-9-5-7-13-8-6-10-20-17(13)14/h5-10H,11H2,1-4H3,(H,22,23). The summed E-state index contributed by atoms with van der Waals surface area (Å²) in [6, 6.07) is 9.56. The number of anilines is 1. The molecule has 0 spiro atoms. The van der Waals surface area contributed by atoms with Crippen LogP contribution in [0, 0.1) is 6.92 Å². The van der Waals surface area contributed by atoms with Crippen LogP contribution in [0.15, 0.2) is 40.9 Å². The van der Waals surface area contributed by atoms with E-state index in [4.69, 9.17) is 4.42 Å². The van der Waals surface area contributed by atoms with Crippen LogP contribution in [0.25, 0.3) is 10.9 Å². The van der Waals surface area contributed by atoms with Gasteiger partial charge in [-0.2, -0.15) is 0 Å². The van der Waals surface area contributed by atoms with Gasteiger partial charge in [0, 0.05) is 17.0 Å². The fourth-order valence-electron chi connectivity index (χ4n) is 2.46.